The summed E-state index contributed by atoms with van der Waals surface area (Å²) in [6.45, 7) is -2.22. The van der Waals surface area contributed by atoms with Crippen molar-refractivity contribution in [2.45, 2.75) is 18.0 Å². The van der Waals surface area contributed by atoms with E-state index >= 15 is 0 Å². The van der Waals surface area contributed by atoms with E-state index in [1.807, 2.05) is 0 Å². The molecule has 0 aliphatic heterocycles. The van der Waals surface area contributed by atoms with Crippen LogP contribution in [0.15, 0.2) is 24.3 Å². The van der Waals surface area contributed by atoms with E-state index in [1.165, 1.54) is 18.2 Å². The lowest BCUT2D eigenvalue weighted by atomic mass is 9.78. The highest BCUT2D eigenvalue weighted by atomic mass is 19.4. The highest BCUT2D eigenvalue weighted by molar-refractivity contribution is 5.28. The summed E-state index contributed by atoms with van der Waals surface area (Å²) >= 11 is 0. The number of hydrogen-bond donors (Lipinski definition) is 2. The Kier molecular flexibility index (Phi) is 5.91. The van der Waals surface area contributed by atoms with Crippen LogP contribution < -0.4 is 5.73 Å². The van der Waals surface area contributed by atoms with Gasteiger partial charge in [-0.05, 0) is 18.1 Å². The number of aliphatic hydroxyl groups excluding tert-OH is 1. The fraction of sp³-hybridized carbons (Fsp3) is 0.538. The molecule has 0 radical (unpaired) electrons. The molecule has 3 nitrogen and oxygen atoms in total. The predicted octanol–water partition coefficient (Wildman–Crippen LogP) is 1.98. The maximum Gasteiger partial charge on any atom is 0.411 e. The first-order chi connectivity index (χ1) is 9.34. The monoisotopic (exact) mass is 295 g/mol. The van der Waals surface area contributed by atoms with Gasteiger partial charge in [-0.25, -0.2) is 4.39 Å². The maximum atomic E-state index is 13.8. The van der Waals surface area contributed by atoms with Gasteiger partial charge in [-0.1, -0.05) is 18.2 Å². The molecule has 1 unspecified atom stereocenters. The lowest BCUT2D eigenvalue weighted by molar-refractivity contribution is -0.175. The fourth-order valence-electron chi connectivity index (χ4n) is 1.92. The van der Waals surface area contributed by atoms with E-state index < -0.39 is 30.6 Å². The second-order valence-electron chi connectivity index (χ2n) is 4.54. The van der Waals surface area contributed by atoms with Gasteiger partial charge in [0.15, 0.2) is 0 Å². The highest BCUT2D eigenvalue weighted by Gasteiger charge is 2.33. The van der Waals surface area contributed by atoms with Crippen molar-refractivity contribution >= 4 is 0 Å². The van der Waals surface area contributed by atoms with Crippen molar-refractivity contribution in [3.63, 3.8) is 0 Å². The summed E-state index contributed by atoms with van der Waals surface area (Å²) in [5.41, 5.74) is 4.62. The van der Waals surface area contributed by atoms with E-state index in [9.17, 15) is 22.7 Å². The third kappa shape index (κ3) is 4.43. The van der Waals surface area contributed by atoms with Crippen molar-refractivity contribution in [2.24, 2.45) is 5.73 Å². The number of halogens is 4. The molecule has 0 aromatic heterocycles. The normalized spacial score (nSPS) is 15.1. The molecule has 1 aromatic rings. The van der Waals surface area contributed by atoms with Crippen LogP contribution in [0.1, 0.15) is 12.0 Å². The van der Waals surface area contributed by atoms with Crippen molar-refractivity contribution in [3.8, 4) is 0 Å². The number of nitrogens with two attached hydrogens (primary N) is 1. The van der Waals surface area contributed by atoms with Crippen molar-refractivity contribution in [3.05, 3.63) is 35.6 Å². The van der Waals surface area contributed by atoms with Gasteiger partial charge in [0.1, 0.15) is 12.4 Å². The van der Waals surface area contributed by atoms with Crippen LogP contribution in [0.4, 0.5) is 17.6 Å². The SMILES string of the molecule is NCC(CO)(CCOCC(F)(F)F)c1ccccc1F. The molecular weight excluding hydrogens is 278 g/mol. The van der Waals surface area contributed by atoms with Crippen LogP contribution in [0.3, 0.4) is 0 Å². The Labute approximate surface area is 114 Å². The van der Waals surface area contributed by atoms with Crippen molar-refractivity contribution < 1.29 is 27.4 Å². The van der Waals surface area contributed by atoms with E-state index in [4.69, 9.17) is 5.73 Å². The minimum absolute atomic E-state index is 0.00296. The van der Waals surface area contributed by atoms with Gasteiger partial charge in [0, 0.05) is 18.6 Å². The van der Waals surface area contributed by atoms with Crippen LogP contribution in [0.2, 0.25) is 0 Å². The summed E-state index contributed by atoms with van der Waals surface area (Å²) in [5, 5.41) is 9.49. The quantitative estimate of drug-likeness (QED) is 0.597. The van der Waals surface area contributed by atoms with E-state index in [1.54, 1.807) is 6.07 Å². The maximum absolute atomic E-state index is 13.8. The summed E-state index contributed by atoms with van der Waals surface area (Å²) in [6, 6.07) is 5.74. The van der Waals surface area contributed by atoms with Gasteiger partial charge in [0.05, 0.1) is 6.61 Å². The molecule has 1 aromatic carbocycles. The molecule has 0 heterocycles. The molecule has 0 spiro atoms. The van der Waals surface area contributed by atoms with E-state index in [2.05, 4.69) is 4.74 Å². The van der Waals surface area contributed by atoms with E-state index in [0.29, 0.717) is 0 Å². The van der Waals surface area contributed by atoms with Gasteiger partial charge in [0.25, 0.3) is 0 Å². The van der Waals surface area contributed by atoms with Gasteiger partial charge in [0.2, 0.25) is 0 Å². The largest absolute Gasteiger partial charge is 0.411 e. The Balaban J connectivity index is 2.75. The van der Waals surface area contributed by atoms with Gasteiger partial charge in [-0.15, -0.1) is 0 Å². The fourth-order valence-corrected chi connectivity index (χ4v) is 1.92. The predicted molar refractivity (Wildman–Crippen MR) is 65.7 cm³/mol. The van der Waals surface area contributed by atoms with Gasteiger partial charge in [-0.3, -0.25) is 0 Å². The molecule has 0 aliphatic carbocycles. The van der Waals surface area contributed by atoms with Crippen LogP contribution in [-0.2, 0) is 10.2 Å². The lowest BCUT2D eigenvalue weighted by Gasteiger charge is -2.31. The average molecular weight is 295 g/mol. The molecule has 7 heteroatoms. The first kappa shape index (κ1) is 16.9. The molecule has 0 bridgehead atoms. The number of rotatable bonds is 7. The smallest absolute Gasteiger partial charge is 0.395 e. The number of hydrogen-bond acceptors (Lipinski definition) is 3. The Morgan fingerprint density at radius 1 is 1.20 bits per heavy atom. The summed E-state index contributed by atoms with van der Waals surface area (Å²) in [4.78, 5) is 0. The Morgan fingerprint density at radius 2 is 1.85 bits per heavy atom. The minimum atomic E-state index is -4.41. The number of alkyl halides is 3. The van der Waals surface area contributed by atoms with Crippen LogP contribution >= 0.6 is 0 Å². The molecule has 0 aliphatic rings. The molecule has 0 saturated heterocycles. The van der Waals surface area contributed by atoms with Crippen LogP contribution in [0, 0.1) is 5.82 Å². The average Bonchev–Trinajstić information content (AvgIpc) is 2.40. The topological polar surface area (TPSA) is 55.5 Å². The first-order valence-corrected chi connectivity index (χ1v) is 6.05. The van der Waals surface area contributed by atoms with Gasteiger partial charge < -0.3 is 15.6 Å². The molecule has 1 rings (SSSR count). The third-order valence-corrected chi connectivity index (χ3v) is 3.13. The standard InChI is InChI=1S/C13H17F4NO2/c14-11-4-2-1-3-10(11)12(7-18,8-19)5-6-20-9-13(15,16)17/h1-4,19H,5-9,18H2. The molecule has 1 atom stereocenters. The van der Waals surface area contributed by atoms with Crippen LogP contribution in [0.25, 0.3) is 0 Å². The lowest BCUT2D eigenvalue weighted by Crippen LogP contribution is -2.41. The van der Waals surface area contributed by atoms with Crippen LogP contribution in [-0.4, -0.2) is 37.6 Å². The van der Waals surface area contributed by atoms with E-state index in [-0.39, 0.29) is 25.1 Å². The number of benzene rings is 1. The summed E-state index contributed by atoms with van der Waals surface area (Å²) < 4.78 is 54.2. The second kappa shape index (κ2) is 7.01. The molecule has 0 amide bonds. The second-order valence-corrected chi connectivity index (χ2v) is 4.54. The van der Waals surface area contributed by atoms with Gasteiger partial charge >= 0.3 is 6.18 Å². The van der Waals surface area contributed by atoms with Crippen molar-refractivity contribution in [1.82, 2.24) is 0 Å². The zero-order chi connectivity index (χ0) is 15.2. The summed E-state index contributed by atoms with van der Waals surface area (Å²) in [5.74, 6) is -0.553. The molecular formula is C13H17F4NO2. The zero-order valence-corrected chi connectivity index (χ0v) is 10.8. The zero-order valence-electron chi connectivity index (χ0n) is 10.8. The van der Waals surface area contributed by atoms with Crippen molar-refractivity contribution in [2.75, 3.05) is 26.4 Å². The van der Waals surface area contributed by atoms with Crippen molar-refractivity contribution in [1.29, 1.82) is 0 Å². The highest BCUT2D eigenvalue weighted by Crippen LogP contribution is 2.29. The third-order valence-electron chi connectivity index (χ3n) is 3.13. The minimum Gasteiger partial charge on any atom is -0.395 e. The molecule has 114 valence electrons. The molecule has 0 fully saturated rings. The summed E-state index contributed by atoms with van der Waals surface area (Å²) in [6.07, 6.45) is -4.42. The first-order valence-electron chi connectivity index (χ1n) is 6.05. The number of aliphatic hydroxyl groups is 1. The van der Waals surface area contributed by atoms with Crippen LogP contribution in [0.5, 0.6) is 0 Å². The Hall–Kier alpha value is -1.18. The Bertz CT molecular complexity index is 419. The number of ether oxygens (including phenoxy) is 1. The van der Waals surface area contributed by atoms with Gasteiger partial charge in [-0.2, -0.15) is 13.2 Å². The summed E-state index contributed by atoms with van der Waals surface area (Å²) in [7, 11) is 0. The van der Waals surface area contributed by atoms with E-state index in [0.717, 1.165) is 0 Å². The Morgan fingerprint density at radius 3 is 2.35 bits per heavy atom. The molecule has 20 heavy (non-hydrogen) atoms. The molecule has 0 saturated carbocycles. The molecule has 3 N–H and O–H groups in total.